The highest BCUT2D eigenvalue weighted by Gasteiger charge is 2.63. The molecular weight excluding hydrogens is 467 g/mol. The van der Waals surface area contributed by atoms with E-state index < -0.39 is 11.6 Å². The Bertz CT molecular complexity index is 1250. The number of rotatable bonds is 7. The molecule has 180 valence electrons. The lowest BCUT2D eigenvalue weighted by molar-refractivity contribution is -0.190. The number of anilines is 2. The molecule has 3 aromatic rings. The van der Waals surface area contributed by atoms with Crippen LogP contribution in [0.25, 0.3) is 10.9 Å². The number of carbonyl (C=O) groups is 1. The molecule has 1 aliphatic carbocycles. The molecule has 1 saturated carbocycles. The zero-order chi connectivity index (χ0) is 24.1. The van der Waals surface area contributed by atoms with Gasteiger partial charge in [-0.3, -0.25) is 4.79 Å². The minimum atomic E-state index is -4.25. The van der Waals surface area contributed by atoms with E-state index in [0.717, 1.165) is 4.88 Å². The second-order valence-corrected chi connectivity index (χ2v) is 10.1. The fourth-order valence-corrected chi connectivity index (χ4v) is 4.96. The molecule has 0 bridgehead atoms. The number of pyridine rings is 1. The lowest BCUT2D eigenvalue weighted by atomic mass is 10.1. The van der Waals surface area contributed by atoms with Crippen LogP contribution < -0.4 is 10.1 Å². The second kappa shape index (κ2) is 8.30. The Hall–Kier alpha value is -3.08. The van der Waals surface area contributed by atoms with Gasteiger partial charge in [-0.05, 0) is 31.9 Å². The zero-order valence-electron chi connectivity index (χ0n) is 18.6. The summed E-state index contributed by atoms with van der Waals surface area (Å²) in [6.45, 7) is 6.25. The van der Waals surface area contributed by atoms with Crippen molar-refractivity contribution in [3.05, 3.63) is 42.1 Å². The first kappa shape index (κ1) is 22.7. The maximum atomic E-state index is 13.6. The van der Waals surface area contributed by atoms with E-state index in [1.54, 1.807) is 34.0 Å². The number of halogens is 3. The number of hydrogen-bond donors (Lipinski definition) is 1. The molecule has 11 heteroatoms. The van der Waals surface area contributed by atoms with Crippen LogP contribution in [0.4, 0.5) is 24.1 Å². The number of nitrogens with zero attached hydrogens (tertiary/aromatic N) is 4. The summed E-state index contributed by atoms with van der Waals surface area (Å²) in [4.78, 5) is 23.5. The van der Waals surface area contributed by atoms with Gasteiger partial charge in [0.05, 0.1) is 22.9 Å². The summed E-state index contributed by atoms with van der Waals surface area (Å²) >= 11 is 1.45. The van der Waals surface area contributed by atoms with Crippen LogP contribution in [0.15, 0.2) is 37.2 Å². The zero-order valence-corrected chi connectivity index (χ0v) is 19.4. The number of aryl methyl sites for hydroxylation is 1. The second-order valence-electron chi connectivity index (χ2n) is 8.89. The third-order valence-corrected chi connectivity index (χ3v) is 7.25. The molecule has 34 heavy (non-hydrogen) atoms. The molecule has 2 fully saturated rings. The Morgan fingerprint density at radius 2 is 2.24 bits per heavy atom. The maximum Gasteiger partial charge on any atom is 0.396 e. The van der Waals surface area contributed by atoms with E-state index >= 15 is 0 Å². The lowest BCUT2D eigenvalue weighted by Gasteiger charge is -2.21. The molecular formula is C23H24F3N5O2S. The topological polar surface area (TPSA) is 72.3 Å². The molecule has 5 rings (SSSR count). The molecule has 1 atom stereocenters. The molecule has 2 aliphatic rings. The third-order valence-electron chi connectivity index (χ3n) is 6.43. The predicted octanol–water partition coefficient (Wildman–Crippen LogP) is 5.05. The highest BCUT2D eigenvalue weighted by molar-refractivity contribution is 7.15. The summed E-state index contributed by atoms with van der Waals surface area (Å²) in [7, 11) is 0. The van der Waals surface area contributed by atoms with E-state index in [9.17, 15) is 18.0 Å². The lowest BCUT2D eigenvalue weighted by Crippen LogP contribution is -2.29. The number of hydrogen-bond acceptors (Lipinski definition) is 6. The van der Waals surface area contributed by atoms with E-state index in [0.29, 0.717) is 47.2 Å². The van der Waals surface area contributed by atoms with E-state index in [-0.39, 0.29) is 31.4 Å². The van der Waals surface area contributed by atoms with Crippen LogP contribution in [0.2, 0.25) is 0 Å². The first-order valence-electron chi connectivity index (χ1n) is 11.0. The van der Waals surface area contributed by atoms with E-state index in [1.165, 1.54) is 17.4 Å². The van der Waals surface area contributed by atoms with E-state index in [2.05, 4.69) is 21.9 Å². The molecule has 1 amide bonds. The standard InChI is InChI=1S/C23H24F3N5O2S/c1-3-19(32)30-8-4-15(12-30)33-20-16-5-9-31(13-22(6-7-22)23(24,25)26)17(16)10-18(28-20)29-21-27-11-14(2)34-21/h3,5,9-11,15H,1,4,6-8,12-13H2,2H3,(H,27,28,29). The number of likely N-dealkylation sites (tertiary alicyclic amines) is 1. The van der Waals surface area contributed by atoms with Gasteiger partial charge in [0, 0.05) is 42.8 Å². The molecule has 0 spiro atoms. The Morgan fingerprint density at radius 3 is 2.88 bits per heavy atom. The molecule has 7 nitrogen and oxygen atoms in total. The van der Waals surface area contributed by atoms with Crippen molar-refractivity contribution in [3.8, 4) is 5.88 Å². The quantitative estimate of drug-likeness (QED) is 0.468. The van der Waals surface area contributed by atoms with Gasteiger partial charge in [-0.1, -0.05) is 6.58 Å². The number of ether oxygens (including phenoxy) is 1. The van der Waals surface area contributed by atoms with Crippen LogP contribution in [-0.4, -0.2) is 50.7 Å². The van der Waals surface area contributed by atoms with E-state index in [4.69, 9.17) is 4.74 Å². The molecule has 1 unspecified atom stereocenters. The van der Waals surface area contributed by atoms with Crippen molar-refractivity contribution < 1.29 is 22.7 Å². The van der Waals surface area contributed by atoms with Crippen molar-refractivity contribution in [1.29, 1.82) is 0 Å². The van der Waals surface area contributed by atoms with Crippen molar-refractivity contribution in [2.24, 2.45) is 5.41 Å². The van der Waals surface area contributed by atoms with Crippen LogP contribution in [0.1, 0.15) is 24.1 Å². The SMILES string of the molecule is C=CC(=O)N1CCC(Oc2nc(Nc3ncc(C)s3)cc3c2ccn3CC2(C(F)(F)F)CC2)C1. The monoisotopic (exact) mass is 491 g/mol. The molecule has 4 heterocycles. The number of alkyl halides is 3. The molecule has 3 aromatic heterocycles. The third kappa shape index (κ3) is 4.24. The van der Waals surface area contributed by atoms with Crippen LogP contribution >= 0.6 is 11.3 Å². The number of thiazole rings is 1. The fourth-order valence-electron chi connectivity index (χ4n) is 4.29. The van der Waals surface area contributed by atoms with Crippen molar-refractivity contribution in [2.75, 3.05) is 18.4 Å². The molecule has 0 radical (unpaired) electrons. The maximum absolute atomic E-state index is 13.6. The Labute approximate surface area is 198 Å². The number of amides is 1. The van der Waals surface area contributed by atoms with Crippen molar-refractivity contribution in [3.63, 3.8) is 0 Å². The average Bonchev–Trinajstić information content (AvgIpc) is 3.08. The average molecular weight is 492 g/mol. The first-order valence-corrected chi connectivity index (χ1v) is 11.8. The van der Waals surface area contributed by atoms with Crippen molar-refractivity contribution in [1.82, 2.24) is 19.4 Å². The number of nitrogens with one attached hydrogen (secondary N) is 1. The van der Waals surface area contributed by atoms with Gasteiger partial charge in [0.15, 0.2) is 5.13 Å². The van der Waals surface area contributed by atoms with Crippen LogP contribution in [-0.2, 0) is 11.3 Å². The molecule has 1 aliphatic heterocycles. The van der Waals surface area contributed by atoms with Crippen LogP contribution in [0.5, 0.6) is 5.88 Å². The first-order chi connectivity index (χ1) is 16.2. The number of carbonyl (C=O) groups excluding carboxylic acids is 1. The van der Waals surface area contributed by atoms with Gasteiger partial charge in [0.1, 0.15) is 11.9 Å². The predicted molar refractivity (Wildman–Crippen MR) is 123 cm³/mol. The summed E-state index contributed by atoms with van der Waals surface area (Å²) in [5.41, 5.74) is -1.08. The Morgan fingerprint density at radius 1 is 1.44 bits per heavy atom. The Balaban J connectivity index is 1.48. The van der Waals surface area contributed by atoms with Gasteiger partial charge in [-0.25, -0.2) is 4.98 Å². The molecule has 0 aromatic carbocycles. The van der Waals surface area contributed by atoms with Crippen LogP contribution in [0.3, 0.4) is 0 Å². The van der Waals surface area contributed by atoms with Crippen LogP contribution in [0, 0.1) is 12.3 Å². The Kier molecular flexibility index (Phi) is 5.54. The molecule has 1 N–H and O–H groups in total. The van der Waals surface area contributed by atoms with Gasteiger partial charge in [0.2, 0.25) is 11.8 Å². The summed E-state index contributed by atoms with van der Waals surface area (Å²) in [5, 5.41) is 4.41. The van der Waals surface area contributed by atoms with Crippen molar-refractivity contribution >= 4 is 39.1 Å². The smallest absolute Gasteiger partial charge is 0.396 e. The number of fused-ring (bicyclic) bond motifs is 1. The van der Waals surface area contributed by atoms with E-state index in [1.807, 2.05) is 6.92 Å². The van der Waals surface area contributed by atoms with Gasteiger partial charge in [-0.2, -0.15) is 18.2 Å². The summed E-state index contributed by atoms with van der Waals surface area (Å²) in [6.07, 6.45) is 1.02. The summed E-state index contributed by atoms with van der Waals surface area (Å²) in [5.74, 6) is 0.597. The largest absolute Gasteiger partial charge is 0.472 e. The van der Waals surface area contributed by atoms with Gasteiger partial charge in [0.25, 0.3) is 0 Å². The molecule has 1 saturated heterocycles. The minimum absolute atomic E-state index is 0.128. The fraction of sp³-hybridized carbons (Fsp3) is 0.435. The van der Waals surface area contributed by atoms with Crippen molar-refractivity contribution in [2.45, 2.75) is 45.0 Å². The summed E-state index contributed by atoms with van der Waals surface area (Å²) < 4.78 is 48.7. The highest BCUT2D eigenvalue weighted by atomic mass is 32.1. The van der Waals surface area contributed by atoms with Gasteiger partial charge in [-0.15, -0.1) is 11.3 Å². The number of aromatic nitrogens is 3. The van der Waals surface area contributed by atoms with Gasteiger partial charge >= 0.3 is 6.18 Å². The highest BCUT2D eigenvalue weighted by Crippen LogP contribution is 2.59. The normalized spacial score (nSPS) is 19.4. The van der Waals surface area contributed by atoms with Gasteiger partial charge < -0.3 is 19.5 Å². The minimum Gasteiger partial charge on any atom is -0.472 e. The summed E-state index contributed by atoms with van der Waals surface area (Å²) in [6, 6.07) is 3.47.